The second-order valence-electron chi connectivity index (χ2n) is 6.12. The summed E-state index contributed by atoms with van der Waals surface area (Å²) >= 11 is 1.56. The lowest BCUT2D eigenvalue weighted by atomic mass is 10.1. The van der Waals surface area contributed by atoms with E-state index >= 15 is 0 Å². The summed E-state index contributed by atoms with van der Waals surface area (Å²) in [7, 11) is 1.58. The van der Waals surface area contributed by atoms with Crippen molar-refractivity contribution >= 4 is 28.2 Å². The van der Waals surface area contributed by atoms with Crippen LogP contribution < -0.4 is 9.64 Å². The highest BCUT2D eigenvalue weighted by Crippen LogP contribution is 2.21. The summed E-state index contributed by atoms with van der Waals surface area (Å²) in [5.41, 5.74) is 0.607. The molecular formula is C18H22N4O3S. The summed E-state index contributed by atoms with van der Waals surface area (Å²) in [4.78, 5) is 28.6. The van der Waals surface area contributed by atoms with Crippen LogP contribution in [0.4, 0.5) is 5.13 Å². The second kappa shape index (κ2) is 8.27. The van der Waals surface area contributed by atoms with E-state index in [2.05, 4.69) is 15.1 Å². The van der Waals surface area contributed by atoms with Crippen LogP contribution in [0.15, 0.2) is 24.3 Å². The van der Waals surface area contributed by atoms with Crippen LogP contribution in [0.2, 0.25) is 0 Å². The Bertz CT molecular complexity index is 767. The molecule has 3 rings (SSSR count). The van der Waals surface area contributed by atoms with E-state index in [0.29, 0.717) is 24.4 Å². The van der Waals surface area contributed by atoms with Crippen LogP contribution in [0.3, 0.4) is 0 Å². The van der Waals surface area contributed by atoms with Crippen molar-refractivity contribution in [3.8, 4) is 5.75 Å². The molecule has 138 valence electrons. The lowest BCUT2D eigenvalue weighted by Gasteiger charge is -2.34. The molecule has 7 nitrogen and oxygen atoms in total. The fourth-order valence-electron chi connectivity index (χ4n) is 2.86. The fraction of sp³-hybridized carbons (Fsp3) is 0.444. The van der Waals surface area contributed by atoms with Gasteiger partial charge in [0.1, 0.15) is 10.8 Å². The average Bonchev–Trinajstić information content (AvgIpc) is 3.12. The van der Waals surface area contributed by atoms with Gasteiger partial charge in [-0.2, -0.15) is 0 Å². The first-order chi connectivity index (χ1) is 12.6. The Kier molecular flexibility index (Phi) is 5.82. The van der Waals surface area contributed by atoms with Gasteiger partial charge >= 0.3 is 0 Å². The molecule has 1 aromatic carbocycles. The smallest absolute Gasteiger partial charge is 0.223 e. The number of hydrogen-bond donors (Lipinski definition) is 0. The number of ketones is 1. The van der Waals surface area contributed by atoms with Crippen molar-refractivity contribution in [3.05, 3.63) is 34.8 Å². The number of benzene rings is 1. The van der Waals surface area contributed by atoms with Crippen LogP contribution in [0.1, 0.15) is 28.2 Å². The van der Waals surface area contributed by atoms with Gasteiger partial charge in [-0.15, -0.1) is 10.2 Å². The van der Waals surface area contributed by atoms with E-state index in [0.717, 1.165) is 23.2 Å². The minimum Gasteiger partial charge on any atom is -0.497 e. The van der Waals surface area contributed by atoms with Gasteiger partial charge in [-0.25, -0.2) is 0 Å². The number of hydrogen-bond acceptors (Lipinski definition) is 7. The molecule has 1 aromatic heterocycles. The standard InChI is InChI=1S/C18H22N4O3S/c1-13-19-20-18(26-13)22-11-9-21(10-12-22)17(24)8-7-16(23)14-3-5-15(25-2)6-4-14/h3-6H,7-12H2,1-2H3. The van der Waals surface area contributed by atoms with Crippen LogP contribution in [0, 0.1) is 6.92 Å². The van der Waals surface area contributed by atoms with E-state index in [1.165, 1.54) is 0 Å². The predicted molar refractivity (Wildman–Crippen MR) is 100.0 cm³/mol. The maximum atomic E-state index is 12.4. The number of aromatic nitrogens is 2. The maximum absolute atomic E-state index is 12.4. The third kappa shape index (κ3) is 4.37. The van der Waals surface area contributed by atoms with Crippen molar-refractivity contribution in [1.29, 1.82) is 0 Å². The highest BCUT2D eigenvalue weighted by molar-refractivity contribution is 7.15. The lowest BCUT2D eigenvalue weighted by Crippen LogP contribution is -2.48. The molecule has 1 fully saturated rings. The van der Waals surface area contributed by atoms with Crippen LogP contribution >= 0.6 is 11.3 Å². The SMILES string of the molecule is COc1ccc(C(=O)CCC(=O)N2CCN(c3nnc(C)s3)CC2)cc1. The zero-order valence-electron chi connectivity index (χ0n) is 15.0. The summed E-state index contributed by atoms with van der Waals surface area (Å²) in [6.07, 6.45) is 0.462. The molecule has 0 radical (unpaired) electrons. The van der Waals surface area contributed by atoms with Crippen molar-refractivity contribution in [2.75, 3.05) is 38.2 Å². The number of piperazine rings is 1. The molecule has 1 saturated heterocycles. The van der Waals surface area contributed by atoms with Crippen LogP contribution in [0.5, 0.6) is 5.75 Å². The van der Waals surface area contributed by atoms with Crippen molar-refractivity contribution in [1.82, 2.24) is 15.1 Å². The van der Waals surface area contributed by atoms with Gasteiger partial charge in [0.25, 0.3) is 0 Å². The molecule has 0 spiro atoms. The first-order valence-corrected chi connectivity index (χ1v) is 9.38. The van der Waals surface area contributed by atoms with E-state index in [9.17, 15) is 9.59 Å². The van der Waals surface area contributed by atoms with E-state index in [-0.39, 0.29) is 24.5 Å². The van der Waals surface area contributed by atoms with Crippen LogP contribution in [-0.4, -0.2) is 60.1 Å². The molecule has 0 saturated carbocycles. The van der Waals surface area contributed by atoms with Crippen molar-refractivity contribution in [2.45, 2.75) is 19.8 Å². The number of ether oxygens (including phenoxy) is 1. The second-order valence-corrected chi connectivity index (χ2v) is 7.28. The van der Waals surface area contributed by atoms with Crippen molar-refractivity contribution < 1.29 is 14.3 Å². The Morgan fingerprint density at radius 3 is 2.35 bits per heavy atom. The van der Waals surface area contributed by atoms with Gasteiger partial charge in [-0.3, -0.25) is 9.59 Å². The molecule has 0 bridgehead atoms. The number of Topliss-reactive ketones (excluding diaryl/α,β-unsaturated/α-hetero) is 1. The van der Waals surface area contributed by atoms with Gasteiger partial charge in [0.15, 0.2) is 5.78 Å². The zero-order valence-corrected chi connectivity index (χ0v) is 15.8. The number of methoxy groups -OCH3 is 1. The number of anilines is 1. The molecule has 8 heteroatoms. The van der Waals surface area contributed by atoms with Crippen LogP contribution in [-0.2, 0) is 4.79 Å². The normalized spacial score (nSPS) is 14.4. The Balaban J connectivity index is 1.46. The van der Waals surface area contributed by atoms with Gasteiger partial charge < -0.3 is 14.5 Å². The van der Waals surface area contributed by atoms with Gasteiger partial charge in [0.05, 0.1) is 7.11 Å². The highest BCUT2D eigenvalue weighted by Gasteiger charge is 2.23. The zero-order chi connectivity index (χ0) is 18.5. The van der Waals surface area contributed by atoms with Gasteiger partial charge in [-0.1, -0.05) is 11.3 Å². The van der Waals surface area contributed by atoms with E-state index < -0.39 is 0 Å². The largest absolute Gasteiger partial charge is 0.497 e. The number of carbonyl (C=O) groups is 2. The number of carbonyl (C=O) groups excluding carboxylic acids is 2. The third-order valence-corrected chi connectivity index (χ3v) is 5.30. The summed E-state index contributed by atoms with van der Waals surface area (Å²) in [6.45, 7) is 4.71. The Labute approximate surface area is 156 Å². The van der Waals surface area contributed by atoms with Gasteiger partial charge in [-0.05, 0) is 31.2 Å². The first-order valence-electron chi connectivity index (χ1n) is 8.57. The number of nitrogens with zero attached hydrogens (tertiary/aromatic N) is 4. The van der Waals surface area contributed by atoms with E-state index in [1.54, 1.807) is 42.7 Å². The van der Waals surface area contributed by atoms with E-state index in [4.69, 9.17) is 4.74 Å². The molecule has 0 N–H and O–H groups in total. The van der Waals surface area contributed by atoms with Crippen LogP contribution in [0.25, 0.3) is 0 Å². The van der Waals surface area contributed by atoms with Crippen molar-refractivity contribution in [3.63, 3.8) is 0 Å². The molecule has 1 amide bonds. The summed E-state index contributed by atoms with van der Waals surface area (Å²) in [5.74, 6) is 0.713. The molecule has 0 unspecified atom stereocenters. The fourth-order valence-corrected chi connectivity index (χ4v) is 3.60. The molecule has 2 aromatic rings. The summed E-state index contributed by atoms with van der Waals surface area (Å²) in [6, 6.07) is 6.97. The Hall–Kier alpha value is -2.48. The molecule has 0 atom stereocenters. The monoisotopic (exact) mass is 374 g/mol. The topological polar surface area (TPSA) is 75.6 Å². The Morgan fingerprint density at radius 1 is 1.08 bits per heavy atom. The number of amides is 1. The van der Waals surface area contributed by atoms with Crippen molar-refractivity contribution in [2.24, 2.45) is 0 Å². The number of aryl methyl sites for hydroxylation is 1. The molecule has 26 heavy (non-hydrogen) atoms. The average molecular weight is 374 g/mol. The Morgan fingerprint density at radius 2 is 1.77 bits per heavy atom. The lowest BCUT2D eigenvalue weighted by molar-refractivity contribution is -0.131. The molecule has 2 heterocycles. The predicted octanol–water partition coefficient (Wildman–Crippen LogP) is 2.17. The third-order valence-electron chi connectivity index (χ3n) is 4.40. The van der Waals surface area contributed by atoms with Gasteiger partial charge in [0, 0.05) is 44.6 Å². The first kappa shape index (κ1) is 18.3. The highest BCUT2D eigenvalue weighted by atomic mass is 32.1. The molecule has 0 aliphatic carbocycles. The van der Waals surface area contributed by atoms with Gasteiger partial charge in [0.2, 0.25) is 11.0 Å². The molecule has 1 aliphatic heterocycles. The summed E-state index contributed by atoms with van der Waals surface area (Å²) < 4.78 is 5.08. The maximum Gasteiger partial charge on any atom is 0.223 e. The van der Waals surface area contributed by atoms with E-state index in [1.807, 2.05) is 11.8 Å². The minimum atomic E-state index is -0.0241. The minimum absolute atomic E-state index is 0.0241. The molecule has 1 aliphatic rings. The molecular weight excluding hydrogens is 352 g/mol. The number of rotatable bonds is 6. The summed E-state index contributed by atoms with van der Waals surface area (Å²) in [5, 5.41) is 10.0. The quantitative estimate of drug-likeness (QED) is 0.722.